The van der Waals surface area contributed by atoms with Gasteiger partial charge in [-0.25, -0.2) is 4.90 Å². The number of benzene rings is 2. The van der Waals surface area contributed by atoms with Gasteiger partial charge in [0, 0.05) is 14.1 Å². The predicted octanol–water partition coefficient (Wildman–Crippen LogP) is 3.91. The average Bonchev–Trinajstić information content (AvgIpc) is 2.80. The molecule has 1 aliphatic heterocycles. The molecule has 2 amide bonds. The van der Waals surface area contributed by atoms with Crippen LogP contribution in [0.3, 0.4) is 0 Å². The number of rotatable bonds is 3. The summed E-state index contributed by atoms with van der Waals surface area (Å²) in [5.74, 6) is -0.724. The van der Waals surface area contributed by atoms with Crippen molar-refractivity contribution in [1.82, 2.24) is 0 Å². The van der Waals surface area contributed by atoms with Crippen LogP contribution in [0.4, 0.5) is 17.1 Å². The summed E-state index contributed by atoms with van der Waals surface area (Å²) in [6.45, 7) is 0. The zero-order valence-electron chi connectivity index (χ0n) is 12.6. The largest absolute Gasteiger partial charge is 0.268 e. The molecule has 1 heterocycles. The highest BCUT2D eigenvalue weighted by Gasteiger charge is 2.36. The van der Waals surface area contributed by atoms with Crippen molar-refractivity contribution in [2.75, 3.05) is 19.0 Å². The molecule has 7 heteroatoms. The number of hydrogen-bond donors (Lipinski definition) is 0. The van der Waals surface area contributed by atoms with Gasteiger partial charge in [0.25, 0.3) is 11.8 Å². The highest BCUT2D eigenvalue weighted by molar-refractivity contribution is 6.34. The van der Waals surface area contributed by atoms with Crippen molar-refractivity contribution >= 4 is 28.9 Å². The Labute approximate surface area is 132 Å². The van der Waals surface area contributed by atoms with Crippen molar-refractivity contribution in [2.24, 2.45) is 20.5 Å². The smallest absolute Gasteiger partial charge is 0.266 e. The molecule has 7 nitrogen and oxygen atoms in total. The van der Waals surface area contributed by atoms with Crippen LogP contribution in [-0.2, 0) is 0 Å². The quantitative estimate of drug-likeness (QED) is 0.635. The minimum absolute atomic E-state index is 0.331. The molecule has 2 aromatic carbocycles. The van der Waals surface area contributed by atoms with Crippen LogP contribution in [0.25, 0.3) is 0 Å². The summed E-state index contributed by atoms with van der Waals surface area (Å²) in [5, 5.41) is 15.1. The molecule has 0 saturated carbocycles. The second kappa shape index (κ2) is 5.88. The molecule has 0 fully saturated rings. The van der Waals surface area contributed by atoms with E-state index in [4.69, 9.17) is 0 Å². The summed E-state index contributed by atoms with van der Waals surface area (Å²) >= 11 is 0. The summed E-state index contributed by atoms with van der Waals surface area (Å²) in [7, 11) is 3.12. The van der Waals surface area contributed by atoms with Gasteiger partial charge in [-0.05, 0) is 42.5 Å². The maximum atomic E-state index is 12.6. The molecule has 23 heavy (non-hydrogen) atoms. The summed E-state index contributed by atoms with van der Waals surface area (Å²) in [6, 6.07) is 11.6. The van der Waals surface area contributed by atoms with Gasteiger partial charge < -0.3 is 0 Å². The third kappa shape index (κ3) is 2.52. The minimum atomic E-state index is -0.372. The normalized spacial score (nSPS) is 14.3. The Bertz CT molecular complexity index is 840. The Morgan fingerprint density at radius 3 is 1.96 bits per heavy atom. The first-order chi connectivity index (χ1) is 11.2. The van der Waals surface area contributed by atoms with E-state index in [-0.39, 0.29) is 11.8 Å². The second-order valence-corrected chi connectivity index (χ2v) is 4.79. The number of carbonyl (C=O) groups is 2. The van der Waals surface area contributed by atoms with Crippen LogP contribution < -0.4 is 4.90 Å². The molecule has 0 aliphatic carbocycles. The first-order valence-corrected chi connectivity index (χ1v) is 6.88. The standard InChI is InChI=1S/C16H13N5O2/c1-17-19-10-3-6-12(7-4-10)21-15(22)13-8-5-11(20-18-2)9-14(13)16(21)23/h3-9H,1-2H3. The molecule has 0 saturated heterocycles. The van der Waals surface area contributed by atoms with E-state index in [0.717, 1.165) is 4.90 Å². The number of fused-ring (bicyclic) bond motifs is 1. The minimum Gasteiger partial charge on any atom is -0.268 e. The highest BCUT2D eigenvalue weighted by Crippen LogP contribution is 2.31. The van der Waals surface area contributed by atoms with E-state index in [9.17, 15) is 9.59 Å². The number of amides is 2. The maximum Gasteiger partial charge on any atom is 0.266 e. The Morgan fingerprint density at radius 2 is 1.30 bits per heavy atom. The van der Waals surface area contributed by atoms with E-state index in [0.29, 0.717) is 28.2 Å². The van der Waals surface area contributed by atoms with Gasteiger partial charge in [-0.2, -0.15) is 20.5 Å². The maximum absolute atomic E-state index is 12.6. The zero-order chi connectivity index (χ0) is 16.4. The number of anilines is 1. The third-order valence-electron chi connectivity index (χ3n) is 3.41. The molecule has 114 valence electrons. The van der Waals surface area contributed by atoms with Crippen LogP contribution in [0.2, 0.25) is 0 Å². The van der Waals surface area contributed by atoms with Crippen LogP contribution in [0.5, 0.6) is 0 Å². The lowest BCUT2D eigenvalue weighted by atomic mass is 10.1. The van der Waals surface area contributed by atoms with E-state index in [2.05, 4.69) is 20.5 Å². The van der Waals surface area contributed by atoms with Crippen molar-refractivity contribution in [3.63, 3.8) is 0 Å². The lowest BCUT2D eigenvalue weighted by molar-refractivity contribution is 0.0926. The fraction of sp³-hybridized carbons (Fsp3) is 0.125. The molecule has 0 spiro atoms. The molecule has 0 aromatic heterocycles. The van der Waals surface area contributed by atoms with Gasteiger partial charge >= 0.3 is 0 Å². The molecule has 0 radical (unpaired) electrons. The molecule has 1 aliphatic rings. The molecule has 3 rings (SSSR count). The summed E-state index contributed by atoms with van der Waals surface area (Å²) in [5.41, 5.74) is 2.37. The van der Waals surface area contributed by atoms with E-state index >= 15 is 0 Å². The van der Waals surface area contributed by atoms with E-state index in [1.165, 1.54) is 0 Å². The van der Waals surface area contributed by atoms with Crippen LogP contribution in [0, 0.1) is 0 Å². The Hall–Kier alpha value is -3.22. The van der Waals surface area contributed by atoms with Gasteiger partial charge in [0.1, 0.15) is 0 Å². The Kier molecular flexibility index (Phi) is 3.76. The molecule has 2 aromatic rings. The lowest BCUT2D eigenvalue weighted by Crippen LogP contribution is -2.29. The summed E-state index contributed by atoms with van der Waals surface area (Å²) < 4.78 is 0. The second-order valence-electron chi connectivity index (χ2n) is 4.79. The third-order valence-corrected chi connectivity index (χ3v) is 3.41. The molecule has 0 bridgehead atoms. The van der Waals surface area contributed by atoms with Crippen molar-refractivity contribution in [2.45, 2.75) is 0 Å². The van der Waals surface area contributed by atoms with Gasteiger partial charge in [-0.3, -0.25) is 9.59 Å². The number of carbonyl (C=O) groups excluding carboxylic acids is 2. The number of nitrogens with zero attached hydrogens (tertiary/aromatic N) is 5. The SMILES string of the molecule is CN=Nc1ccc(N2C(=O)c3ccc(N=NC)cc3C2=O)cc1. The summed E-state index contributed by atoms with van der Waals surface area (Å²) in [6.07, 6.45) is 0. The van der Waals surface area contributed by atoms with Gasteiger partial charge in [0.05, 0.1) is 28.2 Å². The van der Waals surface area contributed by atoms with Crippen LogP contribution >= 0.6 is 0 Å². The zero-order valence-corrected chi connectivity index (χ0v) is 12.6. The number of azo groups is 2. The predicted molar refractivity (Wildman–Crippen MR) is 84.9 cm³/mol. The summed E-state index contributed by atoms with van der Waals surface area (Å²) in [4.78, 5) is 26.2. The number of hydrogen-bond acceptors (Lipinski definition) is 6. The van der Waals surface area contributed by atoms with E-state index < -0.39 is 0 Å². The number of imide groups is 1. The van der Waals surface area contributed by atoms with Crippen molar-refractivity contribution < 1.29 is 9.59 Å². The fourth-order valence-corrected chi connectivity index (χ4v) is 2.42. The first-order valence-electron chi connectivity index (χ1n) is 6.88. The topological polar surface area (TPSA) is 86.8 Å². The first kappa shape index (κ1) is 14.7. The molecule has 0 unspecified atom stereocenters. The lowest BCUT2D eigenvalue weighted by Gasteiger charge is -2.13. The average molecular weight is 307 g/mol. The van der Waals surface area contributed by atoms with Crippen LogP contribution in [-0.4, -0.2) is 25.9 Å². The highest BCUT2D eigenvalue weighted by atomic mass is 16.2. The Balaban J connectivity index is 1.99. The molecule has 0 N–H and O–H groups in total. The fourth-order valence-electron chi connectivity index (χ4n) is 2.42. The van der Waals surface area contributed by atoms with Crippen molar-refractivity contribution in [3.05, 3.63) is 53.6 Å². The molecular formula is C16H13N5O2. The van der Waals surface area contributed by atoms with Gasteiger partial charge in [-0.15, -0.1) is 0 Å². The van der Waals surface area contributed by atoms with Crippen LogP contribution in [0.1, 0.15) is 20.7 Å². The Morgan fingerprint density at radius 1 is 0.739 bits per heavy atom. The van der Waals surface area contributed by atoms with Gasteiger partial charge in [0.15, 0.2) is 0 Å². The van der Waals surface area contributed by atoms with Crippen LogP contribution in [0.15, 0.2) is 62.9 Å². The monoisotopic (exact) mass is 307 g/mol. The van der Waals surface area contributed by atoms with E-state index in [1.54, 1.807) is 56.6 Å². The van der Waals surface area contributed by atoms with E-state index in [1.807, 2.05) is 0 Å². The van der Waals surface area contributed by atoms with Crippen molar-refractivity contribution in [3.8, 4) is 0 Å². The van der Waals surface area contributed by atoms with Gasteiger partial charge in [-0.1, -0.05) is 0 Å². The molecular weight excluding hydrogens is 294 g/mol. The van der Waals surface area contributed by atoms with Crippen molar-refractivity contribution in [1.29, 1.82) is 0 Å². The molecule has 0 atom stereocenters. The van der Waals surface area contributed by atoms with Gasteiger partial charge in [0.2, 0.25) is 0 Å².